The van der Waals surface area contributed by atoms with Crippen molar-refractivity contribution >= 4 is 29.1 Å². The van der Waals surface area contributed by atoms with Crippen LogP contribution in [-0.4, -0.2) is 11.7 Å². The molecule has 13 heavy (non-hydrogen) atoms. The van der Waals surface area contributed by atoms with E-state index in [4.69, 9.17) is 5.73 Å². The highest BCUT2D eigenvalue weighted by molar-refractivity contribution is 7.78. The molecule has 2 N–H and O–H groups in total. The molecular weight excluding hydrogens is 180 g/mol. The van der Waals surface area contributed by atoms with Crippen LogP contribution in [0.3, 0.4) is 0 Å². The fraction of sp³-hybridized carbons (Fsp3) is 0.100. The summed E-state index contributed by atoms with van der Waals surface area (Å²) in [4.78, 5) is 3.88. The fourth-order valence-electron chi connectivity index (χ4n) is 0.955. The first kappa shape index (κ1) is 9.81. The molecule has 0 unspecified atom stereocenters. The predicted octanol–water partition coefficient (Wildman–Crippen LogP) is 2.39. The zero-order valence-corrected chi connectivity index (χ0v) is 7.92. The molecule has 0 aliphatic carbocycles. The predicted molar refractivity (Wildman–Crippen MR) is 59.2 cm³/mol. The van der Waals surface area contributed by atoms with Gasteiger partial charge in [0.25, 0.3) is 0 Å². The van der Waals surface area contributed by atoms with Crippen LogP contribution in [0.2, 0.25) is 0 Å². The van der Waals surface area contributed by atoms with Crippen molar-refractivity contribution in [3.05, 3.63) is 35.9 Å². The van der Waals surface area contributed by atoms with E-state index in [2.05, 4.69) is 22.4 Å². The van der Waals surface area contributed by atoms with Gasteiger partial charge in [0, 0.05) is 6.54 Å². The van der Waals surface area contributed by atoms with Crippen molar-refractivity contribution in [3.8, 4) is 0 Å². The van der Waals surface area contributed by atoms with Crippen molar-refractivity contribution in [1.29, 1.82) is 0 Å². The number of thiocarbonyl (C=S) groups is 1. The van der Waals surface area contributed by atoms with Crippen LogP contribution in [0.25, 0.3) is 6.08 Å². The Morgan fingerprint density at radius 1 is 1.54 bits per heavy atom. The van der Waals surface area contributed by atoms with Crippen molar-refractivity contribution in [2.24, 2.45) is 10.7 Å². The van der Waals surface area contributed by atoms with Gasteiger partial charge in [-0.3, -0.25) is 0 Å². The third-order valence-electron chi connectivity index (χ3n) is 1.49. The van der Waals surface area contributed by atoms with E-state index in [1.54, 1.807) is 0 Å². The first-order valence-electron chi connectivity index (χ1n) is 3.91. The van der Waals surface area contributed by atoms with Gasteiger partial charge in [0.05, 0.1) is 10.8 Å². The number of hydrogen-bond donors (Lipinski definition) is 1. The van der Waals surface area contributed by atoms with Crippen LogP contribution >= 0.6 is 12.2 Å². The molecular formula is C10H10N2S. The molecule has 0 bridgehead atoms. The number of benzene rings is 1. The first-order valence-corrected chi connectivity index (χ1v) is 4.32. The van der Waals surface area contributed by atoms with E-state index in [9.17, 15) is 0 Å². The molecule has 0 heterocycles. The second kappa shape index (κ2) is 5.38. The van der Waals surface area contributed by atoms with Crippen molar-refractivity contribution in [3.63, 3.8) is 0 Å². The number of rotatable bonds is 3. The third kappa shape index (κ3) is 3.30. The molecule has 0 aliphatic rings. The number of aliphatic imine (C=N–C) groups is 1. The summed E-state index contributed by atoms with van der Waals surface area (Å²) < 4.78 is 0. The van der Waals surface area contributed by atoms with E-state index in [1.165, 1.54) is 0 Å². The molecule has 0 aliphatic heterocycles. The van der Waals surface area contributed by atoms with Crippen LogP contribution < -0.4 is 5.73 Å². The molecule has 0 saturated carbocycles. The molecule has 0 atom stereocenters. The lowest BCUT2D eigenvalue weighted by Crippen LogP contribution is -1.91. The average molecular weight is 190 g/mol. The molecule has 0 radical (unpaired) electrons. The van der Waals surface area contributed by atoms with Gasteiger partial charge in [-0.05, 0) is 29.9 Å². The summed E-state index contributed by atoms with van der Waals surface area (Å²) in [6.07, 6.45) is 3.84. The van der Waals surface area contributed by atoms with Crippen LogP contribution in [-0.2, 0) is 0 Å². The molecule has 0 fully saturated rings. The lowest BCUT2D eigenvalue weighted by molar-refractivity contribution is 1.26. The second-order valence-electron chi connectivity index (χ2n) is 2.44. The highest BCUT2D eigenvalue weighted by atomic mass is 32.1. The van der Waals surface area contributed by atoms with Gasteiger partial charge in [-0.1, -0.05) is 24.3 Å². The minimum Gasteiger partial charge on any atom is -0.327 e. The zero-order chi connectivity index (χ0) is 9.52. The lowest BCUT2D eigenvalue weighted by Gasteiger charge is -1.93. The molecule has 0 aromatic heterocycles. The minimum atomic E-state index is 0.542. The maximum atomic E-state index is 5.33. The normalized spacial score (nSPS) is 9.92. The summed E-state index contributed by atoms with van der Waals surface area (Å²) in [6, 6.07) is 7.70. The maximum absolute atomic E-state index is 5.33. The van der Waals surface area contributed by atoms with Gasteiger partial charge in [0.2, 0.25) is 0 Å². The molecule has 66 valence electrons. The van der Waals surface area contributed by atoms with E-state index in [0.717, 1.165) is 11.3 Å². The summed E-state index contributed by atoms with van der Waals surface area (Å²) in [6.45, 7) is 0.542. The largest absolute Gasteiger partial charge is 0.327 e. The second-order valence-corrected chi connectivity index (χ2v) is 2.62. The molecule has 1 aromatic carbocycles. The standard InChI is InChI=1S/C10H10N2S/c11-6-2-4-9-3-1-5-10(7-9)12-8-13/h1-5,7H,6,11H2. The summed E-state index contributed by atoms with van der Waals surface area (Å²) in [7, 11) is 0. The van der Waals surface area contributed by atoms with Crippen LogP contribution in [0.15, 0.2) is 35.3 Å². The number of hydrogen-bond acceptors (Lipinski definition) is 3. The lowest BCUT2D eigenvalue weighted by atomic mass is 10.2. The minimum absolute atomic E-state index is 0.542. The molecule has 0 amide bonds. The van der Waals surface area contributed by atoms with Crippen molar-refractivity contribution < 1.29 is 0 Å². The van der Waals surface area contributed by atoms with Gasteiger partial charge in [-0.2, -0.15) is 4.99 Å². The molecule has 0 saturated heterocycles. The van der Waals surface area contributed by atoms with E-state index < -0.39 is 0 Å². The average Bonchev–Trinajstić information content (AvgIpc) is 2.16. The maximum Gasteiger partial charge on any atom is 0.0745 e. The Labute approximate surface area is 82.8 Å². The molecule has 1 rings (SSSR count). The Balaban J connectivity index is 2.91. The van der Waals surface area contributed by atoms with E-state index in [0.29, 0.717) is 6.54 Å². The smallest absolute Gasteiger partial charge is 0.0745 e. The van der Waals surface area contributed by atoms with Gasteiger partial charge in [0.1, 0.15) is 0 Å². The summed E-state index contributed by atoms with van der Waals surface area (Å²) in [5.41, 5.74) is 7.21. The SMILES string of the molecule is NCC=Cc1cccc(N=C=S)c1. The number of nitrogens with two attached hydrogens (primary N) is 1. The molecule has 2 nitrogen and oxygen atoms in total. The summed E-state index contributed by atoms with van der Waals surface area (Å²) in [5, 5.41) is 2.33. The topological polar surface area (TPSA) is 38.4 Å². The first-order chi connectivity index (χ1) is 6.36. The van der Waals surface area contributed by atoms with Crippen molar-refractivity contribution in [1.82, 2.24) is 0 Å². The molecule has 0 spiro atoms. The highest BCUT2D eigenvalue weighted by Gasteiger charge is 1.88. The Morgan fingerprint density at radius 3 is 3.08 bits per heavy atom. The third-order valence-corrected chi connectivity index (χ3v) is 1.58. The van der Waals surface area contributed by atoms with Crippen molar-refractivity contribution in [2.45, 2.75) is 0 Å². The Kier molecular flexibility index (Phi) is 4.06. The number of nitrogens with zero attached hydrogens (tertiary/aromatic N) is 1. The molecule has 1 aromatic rings. The van der Waals surface area contributed by atoms with E-state index in [1.807, 2.05) is 36.4 Å². The van der Waals surface area contributed by atoms with Crippen LogP contribution in [0.1, 0.15) is 5.56 Å². The zero-order valence-electron chi connectivity index (χ0n) is 7.10. The van der Waals surface area contributed by atoms with Crippen LogP contribution in [0.5, 0.6) is 0 Å². The van der Waals surface area contributed by atoms with E-state index in [-0.39, 0.29) is 0 Å². The highest BCUT2D eigenvalue weighted by Crippen LogP contribution is 2.14. The van der Waals surface area contributed by atoms with Crippen molar-refractivity contribution in [2.75, 3.05) is 6.54 Å². The van der Waals surface area contributed by atoms with Crippen LogP contribution in [0.4, 0.5) is 5.69 Å². The van der Waals surface area contributed by atoms with E-state index >= 15 is 0 Å². The van der Waals surface area contributed by atoms with Gasteiger partial charge in [0.15, 0.2) is 0 Å². The van der Waals surface area contributed by atoms with Crippen LogP contribution in [0, 0.1) is 0 Å². The Hall–Kier alpha value is -1.28. The van der Waals surface area contributed by atoms with Gasteiger partial charge in [-0.15, -0.1) is 0 Å². The Morgan fingerprint density at radius 2 is 2.38 bits per heavy atom. The summed E-state index contributed by atoms with van der Waals surface area (Å²) in [5.74, 6) is 0. The fourth-order valence-corrected chi connectivity index (χ4v) is 1.06. The van der Waals surface area contributed by atoms with Gasteiger partial charge >= 0.3 is 0 Å². The quantitative estimate of drug-likeness (QED) is 0.587. The summed E-state index contributed by atoms with van der Waals surface area (Å²) >= 11 is 4.51. The Bertz CT molecular complexity index is 352. The van der Waals surface area contributed by atoms with Gasteiger partial charge < -0.3 is 5.73 Å². The monoisotopic (exact) mass is 190 g/mol. The van der Waals surface area contributed by atoms with Gasteiger partial charge in [-0.25, -0.2) is 0 Å². The number of isothiocyanates is 1. The molecule has 3 heteroatoms.